The van der Waals surface area contributed by atoms with Crippen LogP contribution in [0.25, 0.3) is 0 Å². The SMILES string of the molecule is CCOCC(C)C(=O)NCCO. The highest BCUT2D eigenvalue weighted by Gasteiger charge is 2.11. The largest absolute Gasteiger partial charge is 0.395 e. The molecule has 0 fully saturated rings. The molecule has 0 aliphatic heterocycles. The van der Waals surface area contributed by atoms with E-state index in [2.05, 4.69) is 5.32 Å². The molecule has 0 saturated carbocycles. The lowest BCUT2D eigenvalue weighted by Gasteiger charge is -2.10. The van der Waals surface area contributed by atoms with Gasteiger partial charge < -0.3 is 15.2 Å². The number of nitrogens with one attached hydrogen (secondary N) is 1. The molecule has 72 valence electrons. The molecule has 1 unspecified atom stereocenters. The van der Waals surface area contributed by atoms with E-state index in [-0.39, 0.29) is 18.4 Å². The van der Waals surface area contributed by atoms with Crippen LogP contribution >= 0.6 is 0 Å². The highest BCUT2D eigenvalue weighted by molar-refractivity contribution is 5.78. The molecule has 0 spiro atoms. The summed E-state index contributed by atoms with van der Waals surface area (Å²) in [6.07, 6.45) is 0. The average Bonchev–Trinajstić information content (AvgIpc) is 2.10. The summed E-state index contributed by atoms with van der Waals surface area (Å²) in [4.78, 5) is 11.1. The number of hydrogen-bond acceptors (Lipinski definition) is 3. The molecule has 0 aliphatic carbocycles. The van der Waals surface area contributed by atoms with Gasteiger partial charge in [-0.15, -0.1) is 0 Å². The van der Waals surface area contributed by atoms with Crippen molar-refractivity contribution in [1.29, 1.82) is 0 Å². The normalized spacial score (nSPS) is 12.6. The Morgan fingerprint density at radius 3 is 2.83 bits per heavy atom. The third-order valence-corrected chi connectivity index (χ3v) is 1.43. The fourth-order valence-electron chi connectivity index (χ4n) is 0.724. The van der Waals surface area contributed by atoms with Crippen molar-refractivity contribution in [2.45, 2.75) is 13.8 Å². The van der Waals surface area contributed by atoms with Gasteiger partial charge in [-0.2, -0.15) is 0 Å². The van der Waals surface area contributed by atoms with Crippen LogP contribution in [-0.2, 0) is 9.53 Å². The van der Waals surface area contributed by atoms with Crippen LogP contribution in [0.2, 0.25) is 0 Å². The first-order chi connectivity index (χ1) is 5.72. The molecule has 1 amide bonds. The monoisotopic (exact) mass is 175 g/mol. The molecular weight excluding hydrogens is 158 g/mol. The quantitative estimate of drug-likeness (QED) is 0.586. The lowest BCUT2D eigenvalue weighted by molar-refractivity contribution is -0.126. The van der Waals surface area contributed by atoms with E-state index in [1.165, 1.54) is 0 Å². The standard InChI is InChI=1S/C8H17NO3/c1-3-12-6-7(2)8(11)9-4-5-10/h7,10H,3-6H2,1-2H3,(H,9,11). The fourth-order valence-corrected chi connectivity index (χ4v) is 0.724. The van der Waals surface area contributed by atoms with Gasteiger partial charge in [-0.3, -0.25) is 4.79 Å². The van der Waals surface area contributed by atoms with Crippen molar-refractivity contribution in [1.82, 2.24) is 5.32 Å². The summed E-state index contributed by atoms with van der Waals surface area (Å²) in [5.41, 5.74) is 0. The van der Waals surface area contributed by atoms with Crippen molar-refractivity contribution < 1.29 is 14.6 Å². The van der Waals surface area contributed by atoms with E-state index in [1.54, 1.807) is 6.92 Å². The van der Waals surface area contributed by atoms with Gasteiger partial charge in [0.15, 0.2) is 0 Å². The molecule has 0 aromatic rings. The van der Waals surface area contributed by atoms with Gasteiger partial charge in [-0.05, 0) is 6.92 Å². The van der Waals surface area contributed by atoms with Crippen LogP contribution in [0.1, 0.15) is 13.8 Å². The van der Waals surface area contributed by atoms with Gasteiger partial charge in [0, 0.05) is 13.2 Å². The maximum Gasteiger partial charge on any atom is 0.225 e. The molecule has 0 aromatic heterocycles. The van der Waals surface area contributed by atoms with E-state index in [9.17, 15) is 4.79 Å². The number of hydrogen-bond donors (Lipinski definition) is 2. The maximum absolute atomic E-state index is 11.1. The third kappa shape index (κ3) is 5.09. The topological polar surface area (TPSA) is 58.6 Å². The summed E-state index contributed by atoms with van der Waals surface area (Å²) in [5, 5.41) is 11.0. The molecule has 4 heteroatoms. The number of ether oxygens (including phenoxy) is 1. The highest BCUT2D eigenvalue weighted by atomic mass is 16.5. The average molecular weight is 175 g/mol. The van der Waals surface area contributed by atoms with Crippen molar-refractivity contribution in [3.05, 3.63) is 0 Å². The number of carbonyl (C=O) groups is 1. The van der Waals surface area contributed by atoms with E-state index < -0.39 is 0 Å². The summed E-state index contributed by atoms with van der Waals surface area (Å²) >= 11 is 0. The van der Waals surface area contributed by atoms with Crippen LogP contribution in [0.5, 0.6) is 0 Å². The predicted octanol–water partition coefficient (Wildman–Crippen LogP) is -0.233. The minimum atomic E-state index is -0.142. The van der Waals surface area contributed by atoms with Gasteiger partial charge >= 0.3 is 0 Å². The van der Waals surface area contributed by atoms with Gasteiger partial charge in [0.2, 0.25) is 5.91 Å². The first-order valence-electron chi connectivity index (χ1n) is 4.18. The van der Waals surface area contributed by atoms with Crippen LogP contribution in [0.3, 0.4) is 0 Å². The molecule has 4 nitrogen and oxygen atoms in total. The Bertz CT molecular complexity index is 127. The second-order valence-electron chi connectivity index (χ2n) is 2.58. The first-order valence-corrected chi connectivity index (χ1v) is 4.18. The molecular formula is C8H17NO3. The summed E-state index contributed by atoms with van der Waals surface area (Å²) in [6, 6.07) is 0. The van der Waals surface area contributed by atoms with Gasteiger partial charge in [0.25, 0.3) is 0 Å². The summed E-state index contributed by atoms with van der Waals surface area (Å²) in [7, 11) is 0. The number of rotatable bonds is 6. The summed E-state index contributed by atoms with van der Waals surface area (Å²) < 4.78 is 5.07. The molecule has 0 rings (SSSR count). The lowest BCUT2D eigenvalue weighted by Crippen LogP contribution is -2.33. The summed E-state index contributed by atoms with van der Waals surface area (Å²) in [5.74, 6) is -0.214. The molecule has 0 aromatic carbocycles. The number of amides is 1. The van der Waals surface area contributed by atoms with Crippen molar-refractivity contribution in [2.24, 2.45) is 5.92 Å². The third-order valence-electron chi connectivity index (χ3n) is 1.43. The molecule has 0 heterocycles. The molecule has 0 radical (unpaired) electrons. The fraction of sp³-hybridized carbons (Fsp3) is 0.875. The number of aliphatic hydroxyl groups is 1. The van der Waals surface area contributed by atoms with Gasteiger partial charge in [0.1, 0.15) is 0 Å². The second-order valence-corrected chi connectivity index (χ2v) is 2.58. The Hall–Kier alpha value is -0.610. The maximum atomic E-state index is 11.1. The van der Waals surface area contributed by atoms with Crippen molar-refractivity contribution in [3.63, 3.8) is 0 Å². The van der Waals surface area contributed by atoms with Crippen molar-refractivity contribution >= 4 is 5.91 Å². The first kappa shape index (κ1) is 11.4. The number of aliphatic hydroxyl groups excluding tert-OH is 1. The van der Waals surface area contributed by atoms with Gasteiger partial charge in [-0.25, -0.2) is 0 Å². The Kier molecular flexibility index (Phi) is 6.70. The summed E-state index contributed by atoms with van der Waals surface area (Å²) in [6.45, 7) is 5.04. The molecule has 12 heavy (non-hydrogen) atoms. The van der Waals surface area contributed by atoms with Gasteiger partial charge in [0.05, 0.1) is 19.1 Å². The van der Waals surface area contributed by atoms with E-state index in [0.29, 0.717) is 19.8 Å². The molecule has 2 N–H and O–H groups in total. The zero-order valence-electron chi connectivity index (χ0n) is 7.67. The zero-order valence-corrected chi connectivity index (χ0v) is 7.67. The van der Waals surface area contributed by atoms with Crippen molar-refractivity contribution in [3.8, 4) is 0 Å². The smallest absolute Gasteiger partial charge is 0.225 e. The van der Waals surface area contributed by atoms with Gasteiger partial charge in [-0.1, -0.05) is 6.92 Å². The predicted molar refractivity (Wildman–Crippen MR) is 45.8 cm³/mol. The second kappa shape index (κ2) is 7.06. The van der Waals surface area contributed by atoms with E-state index in [0.717, 1.165) is 0 Å². The Balaban J connectivity index is 3.47. The number of carbonyl (C=O) groups excluding carboxylic acids is 1. The van der Waals surface area contributed by atoms with E-state index in [1.807, 2.05) is 6.92 Å². The van der Waals surface area contributed by atoms with E-state index in [4.69, 9.17) is 9.84 Å². The van der Waals surface area contributed by atoms with Crippen LogP contribution in [0, 0.1) is 5.92 Å². The molecule has 0 aliphatic rings. The van der Waals surface area contributed by atoms with Crippen LogP contribution in [0.4, 0.5) is 0 Å². The Morgan fingerprint density at radius 2 is 2.33 bits per heavy atom. The van der Waals surface area contributed by atoms with E-state index >= 15 is 0 Å². The Labute approximate surface area is 72.9 Å². The minimum Gasteiger partial charge on any atom is -0.395 e. The molecule has 0 bridgehead atoms. The molecule has 0 saturated heterocycles. The minimum absolute atomic E-state index is 0.0207. The Morgan fingerprint density at radius 1 is 1.67 bits per heavy atom. The van der Waals surface area contributed by atoms with Crippen molar-refractivity contribution in [2.75, 3.05) is 26.4 Å². The zero-order chi connectivity index (χ0) is 9.40. The van der Waals surface area contributed by atoms with Crippen LogP contribution in [0.15, 0.2) is 0 Å². The van der Waals surface area contributed by atoms with Crippen LogP contribution in [-0.4, -0.2) is 37.4 Å². The molecule has 1 atom stereocenters. The van der Waals surface area contributed by atoms with Crippen LogP contribution < -0.4 is 5.32 Å². The lowest BCUT2D eigenvalue weighted by atomic mass is 10.2. The highest BCUT2D eigenvalue weighted by Crippen LogP contribution is 1.94.